The van der Waals surface area contributed by atoms with E-state index in [0.29, 0.717) is 11.6 Å². The van der Waals surface area contributed by atoms with Crippen molar-refractivity contribution in [3.63, 3.8) is 0 Å². The quantitative estimate of drug-likeness (QED) is 0.318. The number of carbonyl (C=O) groups is 3. The number of benzene rings is 3. The van der Waals surface area contributed by atoms with Gasteiger partial charge >= 0.3 is 12.1 Å². The number of hydrogen-bond acceptors (Lipinski definition) is 5. The van der Waals surface area contributed by atoms with Gasteiger partial charge < -0.3 is 20.6 Å². The molecule has 3 N–H and O–H groups in total. The predicted octanol–water partition coefficient (Wildman–Crippen LogP) is 5.94. The van der Waals surface area contributed by atoms with Crippen LogP contribution in [-0.4, -0.2) is 60.1 Å². The standard InChI is InChI=1S/C29H34N4O2.C2HF3O2/c1-21-5-4-6-24(19-21)29(35)31-26-11-13-27(14-12-26)32(3)28-15-17-33(18-16-28)20-23-7-9-25(10-8-23)30-22(2)34;3-2(4,5)1(6)7/h4-14,19,28H,15-18,20H2,1-3H3,(H,30,34)(H,31,35);(H,6,7). The minimum atomic E-state index is -5.08. The SMILES string of the molecule is CC(=O)Nc1ccc(CN2CCC(N(C)c3ccc(NC(=O)c4cccc(C)c4)cc3)CC2)cc1.O=C(O)C(F)(F)F. The molecule has 3 aromatic rings. The largest absolute Gasteiger partial charge is 0.490 e. The van der Waals surface area contributed by atoms with Crippen molar-refractivity contribution >= 4 is 34.8 Å². The number of halogens is 3. The first-order valence-electron chi connectivity index (χ1n) is 13.4. The smallest absolute Gasteiger partial charge is 0.475 e. The van der Waals surface area contributed by atoms with Crippen molar-refractivity contribution in [1.29, 1.82) is 0 Å². The molecule has 2 amide bonds. The molecule has 0 unspecified atom stereocenters. The molecule has 224 valence electrons. The Labute approximate surface area is 243 Å². The Kier molecular flexibility index (Phi) is 11.1. The summed E-state index contributed by atoms with van der Waals surface area (Å²) in [5.74, 6) is -2.90. The molecule has 1 aliphatic rings. The van der Waals surface area contributed by atoms with Gasteiger partial charge in [-0.3, -0.25) is 14.5 Å². The van der Waals surface area contributed by atoms with Crippen LogP contribution in [0.2, 0.25) is 0 Å². The van der Waals surface area contributed by atoms with E-state index in [1.165, 1.54) is 12.5 Å². The lowest BCUT2D eigenvalue weighted by Crippen LogP contribution is -2.43. The van der Waals surface area contributed by atoms with E-state index in [2.05, 4.69) is 51.7 Å². The molecule has 42 heavy (non-hydrogen) atoms. The second-order valence-electron chi connectivity index (χ2n) is 10.2. The molecule has 0 atom stereocenters. The minimum absolute atomic E-state index is 0.0504. The van der Waals surface area contributed by atoms with Gasteiger partial charge in [-0.05, 0) is 73.9 Å². The van der Waals surface area contributed by atoms with Gasteiger partial charge in [-0.1, -0.05) is 29.8 Å². The molecular formula is C31H35F3N4O4. The van der Waals surface area contributed by atoms with Crippen molar-refractivity contribution in [1.82, 2.24) is 4.90 Å². The number of rotatable bonds is 7. The predicted molar refractivity (Wildman–Crippen MR) is 157 cm³/mol. The number of carbonyl (C=O) groups excluding carboxylic acids is 2. The minimum Gasteiger partial charge on any atom is -0.475 e. The van der Waals surface area contributed by atoms with Crippen molar-refractivity contribution < 1.29 is 32.7 Å². The highest BCUT2D eigenvalue weighted by atomic mass is 19.4. The van der Waals surface area contributed by atoms with Gasteiger partial charge in [-0.15, -0.1) is 0 Å². The van der Waals surface area contributed by atoms with Gasteiger partial charge in [0.05, 0.1) is 0 Å². The van der Waals surface area contributed by atoms with Crippen LogP contribution >= 0.6 is 0 Å². The molecule has 8 nitrogen and oxygen atoms in total. The van der Waals surface area contributed by atoms with E-state index in [-0.39, 0.29) is 11.8 Å². The molecule has 4 rings (SSSR count). The molecule has 1 heterocycles. The lowest BCUT2D eigenvalue weighted by Gasteiger charge is -2.38. The van der Waals surface area contributed by atoms with Crippen LogP contribution in [0, 0.1) is 6.92 Å². The van der Waals surface area contributed by atoms with Crippen LogP contribution in [0.15, 0.2) is 72.8 Å². The van der Waals surface area contributed by atoms with E-state index < -0.39 is 12.1 Å². The van der Waals surface area contributed by atoms with E-state index in [1.807, 2.05) is 55.5 Å². The van der Waals surface area contributed by atoms with Crippen LogP contribution in [0.1, 0.15) is 41.3 Å². The number of aryl methyl sites for hydroxylation is 1. The second-order valence-corrected chi connectivity index (χ2v) is 10.2. The highest BCUT2D eigenvalue weighted by Gasteiger charge is 2.38. The van der Waals surface area contributed by atoms with Gasteiger partial charge in [0.15, 0.2) is 0 Å². The first-order chi connectivity index (χ1) is 19.8. The number of carboxylic acids is 1. The first-order valence-corrected chi connectivity index (χ1v) is 13.4. The topological polar surface area (TPSA) is 102 Å². The van der Waals surface area contributed by atoms with Crippen LogP contribution < -0.4 is 15.5 Å². The normalized spacial score (nSPS) is 13.9. The summed E-state index contributed by atoms with van der Waals surface area (Å²) in [4.78, 5) is 37.4. The number of nitrogens with one attached hydrogen (secondary N) is 2. The maximum Gasteiger partial charge on any atom is 0.490 e. The lowest BCUT2D eigenvalue weighted by atomic mass is 10.0. The fourth-order valence-corrected chi connectivity index (χ4v) is 4.60. The molecule has 11 heteroatoms. The van der Waals surface area contributed by atoms with Gasteiger partial charge in [0.25, 0.3) is 5.91 Å². The Morgan fingerprint density at radius 2 is 1.48 bits per heavy atom. The first kappa shape index (κ1) is 32.1. The number of hydrogen-bond donors (Lipinski definition) is 3. The van der Waals surface area contributed by atoms with Gasteiger partial charge in [-0.25, -0.2) is 4.79 Å². The molecular weight excluding hydrogens is 549 g/mol. The van der Waals surface area contributed by atoms with Crippen LogP contribution in [0.4, 0.5) is 30.2 Å². The monoisotopic (exact) mass is 584 g/mol. The zero-order valence-electron chi connectivity index (χ0n) is 23.7. The number of alkyl halides is 3. The van der Waals surface area contributed by atoms with Crippen LogP contribution in [-0.2, 0) is 16.1 Å². The van der Waals surface area contributed by atoms with Crippen LogP contribution in [0.5, 0.6) is 0 Å². The molecule has 0 aromatic heterocycles. The van der Waals surface area contributed by atoms with Gasteiger partial charge in [-0.2, -0.15) is 13.2 Å². The number of nitrogens with zero attached hydrogens (tertiary/aromatic N) is 2. The summed E-state index contributed by atoms with van der Waals surface area (Å²) in [7, 11) is 2.15. The fourth-order valence-electron chi connectivity index (χ4n) is 4.60. The van der Waals surface area contributed by atoms with Crippen LogP contribution in [0.3, 0.4) is 0 Å². The average Bonchev–Trinajstić information content (AvgIpc) is 2.94. The Morgan fingerprint density at radius 1 is 0.929 bits per heavy atom. The highest BCUT2D eigenvalue weighted by Crippen LogP contribution is 2.25. The van der Waals surface area contributed by atoms with Gasteiger partial charge in [0.2, 0.25) is 5.91 Å². The molecule has 0 saturated carbocycles. The average molecular weight is 585 g/mol. The number of anilines is 3. The van der Waals surface area contributed by atoms with E-state index in [4.69, 9.17) is 9.90 Å². The third kappa shape index (κ3) is 9.91. The molecule has 0 aliphatic carbocycles. The summed E-state index contributed by atoms with van der Waals surface area (Å²) < 4.78 is 31.7. The zero-order chi connectivity index (χ0) is 30.9. The molecule has 1 fully saturated rings. The molecule has 1 aliphatic heterocycles. The van der Waals surface area contributed by atoms with Crippen molar-refractivity contribution in [2.75, 3.05) is 35.7 Å². The highest BCUT2D eigenvalue weighted by molar-refractivity contribution is 6.04. The lowest BCUT2D eigenvalue weighted by molar-refractivity contribution is -0.192. The Hall–Kier alpha value is -4.38. The Balaban J connectivity index is 0.000000616. The van der Waals surface area contributed by atoms with E-state index >= 15 is 0 Å². The van der Waals surface area contributed by atoms with Crippen molar-refractivity contribution in [2.45, 2.75) is 45.5 Å². The Bertz CT molecular complexity index is 1350. The Morgan fingerprint density at radius 3 is 2.00 bits per heavy atom. The molecule has 1 saturated heterocycles. The molecule has 3 aromatic carbocycles. The van der Waals surface area contributed by atoms with Gasteiger partial charge in [0, 0.05) is 62.3 Å². The third-order valence-corrected chi connectivity index (χ3v) is 6.84. The van der Waals surface area contributed by atoms with E-state index in [9.17, 15) is 22.8 Å². The summed E-state index contributed by atoms with van der Waals surface area (Å²) in [6.45, 7) is 6.53. The third-order valence-electron chi connectivity index (χ3n) is 6.84. The number of piperidine rings is 1. The van der Waals surface area contributed by atoms with Crippen molar-refractivity contribution in [2.24, 2.45) is 0 Å². The summed E-state index contributed by atoms with van der Waals surface area (Å²) in [6, 6.07) is 24.3. The van der Waals surface area contributed by atoms with Crippen LogP contribution in [0.25, 0.3) is 0 Å². The van der Waals surface area contributed by atoms with Crippen molar-refractivity contribution in [3.8, 4) is 0 Å². The number of carboxylic acid groups (broad SMARTS) is 1. The van der Waals surface area contributed by atoms with E-state index in [0.717, 1.165) is 55.1 Å². The molecule has 0 bridgehead atoms. The maximum absolute atomic E-state index is 12.5. The maximum atomic E-state index is 12.5. The van der Waals surface area contributed by atoms with Gasteiger partial charge in [0.1, 0.15) is 0 Å². The van der Waals surface area contributed by atoms with E-state index in [1.54, 1.807) is 0 Å². The number of amides is 2. The summed E-state index contributed by atoms with van der Waals surface area (Å²) in [5.41, 5.74) is 5.79. The molecule has 0 spiro atoms. The summed E-state index contributed by atoms with van der Waals surface area (Å²) in [6.07, 6.45) is -2.88. The zero-order valence-corrected chi connectivity index (χ0v) is 23.7. The summed E-state index contributed by atoms with van der Waals surface area (Å²) in [5, 5.41) is 12.9. The fraction of sp³-hybridized carbons (Fsp3) is 0.323. The molecule has 0 radical (unpaired) electrons. The second kappa shape index (κ2) is 14.5. The number of aliphatic carboxylic acids is 1. The van der Waals surface area contributed by atoms with Crippen molar-refractivity contribution in [3.05, 3.63) is 89.5 Å². The number of likely N-dealkylation sites (tertiary alicyclic amines) is 1. The summed E-state index contributed by atoms with van der Waals surface area (Å²) >= 11 is 0.